The maximum absolute atomic E-state index is 13.8. The zero-order chi connectivity index (χ0) is 21.7. The molecule has 0 unspecified atom stereocenters. The molecular formula is C21H17F3N4OS. The van der Waals surface area contributed by atoms with Gasteiger partial charge in [0, 0.05) is 11.4 Å². The number of carbonyl (C=O) groups excluding carboxylic acids is 1. The molecule has 0 bridgehead atoms. The van der Waals surface area contributed by atoms with Gasteiger partial charge in [-0.15, -0.1) is 0 Å². The number of hydrogen-bond acceptors (Lipinski definition) is 5. The first-order chi connectivity index (χ1) is 14.3. The molecule has 5 nitrogen and oxygen atoms in total. The largest absolute Gasteiger partial charge is 0.418 e. The summed E-state index contributed by atoms with van der Waals surface area (Å²) in [5.41, 5.74) is -0.184. The molecule has 0 saturated carbocycles. The molecule has 0 aliphatic heterocycles. The Hall–Kier alpha value is -3.04. The SMILES string of the molecule is N#Cc1cccc(NC(=O)CSc2nc3c(c(C(F)(F)F)c2C#N)CCCCC3)c1. The number of halogens is 3. The van der Waals surface area contributed by atoms with E-state index in [1.807, 2.05) is 6.07 Å². The quantitative estimate of drug-likeness (QED) is 0.554. The first-order valence-electron chi connectivity index (χ1n) is 9.29. The summed E-state index contributed by atoms with van der Waals surface area (Å²) in [7, 11) is 0. The molecule has 1 amide bonds. The zero-order valence-electron chi connectivity index (χ0n) is 15.8. The number of fused-ring (bicyclic) bond motifs is 1. The van der Waals surface area contributed by atoms with Crippen molar-refractivity contribution in [1.29, 1.82) is 10.5 Å². The van der Waals surface area contributed by atoms with Crippen LogP contribution in [0.1, 0.15) is 47.2 Å². The van der Waals surface area contributed by atoms with Crippen LogP contribution in [0.2, 0.25) is 0 Å². The van der Waals surface area contributed by atoms with Crippen LogP contribution in [0.25, 0.3) is 0 Å². The number of carbonyl (C=O) groups is 1. The maximum Gasteiger partial charge on any atom is 0.418 e. The molecule has 3 rings (SSSR count). The molecule has 1 aliphatic carbocycles. The van der Waals surface area contributed by atoms with E-state index in [-0.39, 0.29) is 22.8 Å². The van der Waals surface area contributed by atoms with Gasteiger partial charge in [-0.05, 0) is 49.4 Å². The van der Waals surface area contributed by atoms with Crippen molar-refractivity contribution in [3.63, 3.8) is 0 Å². The second-order valence-electron chi connectivity index (χ2n) is 6.79. The Labute approximate surface area is 175 Å². The van der Waals surface area contributed by atoms with E-state index in [1.54, 1.807) is 24.3 Å². The first kappa shape index (κ1) is 21.7. The number of nitrogens with one attached hydrogen (secondary N) is 1. The molecule has 1 aromatic heterocycles. The van der Waals surface area contributed by atoms with Crippen molar-refractivity contribution in [2.45, 2.75) is 43.3 Å². The second-order valence-corrected chi connectivity index (χ2v) is 7.76. The minimum Gasteiger partial charge on any atom is -0.325 e. The molecule has 0 fully saturated rings. The Kier molecular flexibility index (Phi) is 6.63. The summed E-state index contributed by atoms with van der Waals surface area (Å²) in [4.78, 5) is 16.6. The number of amides is 1. The third-order valence-corrected chi connectivity index (χ3v) is 5.68. The number of thioether (sulfide) groups is 1. The van der Waals surface area contributed by atoms with Crippen LogP contribution in [0, 0.1) is 22.7 Å². The highest BCUT2D eigenvalue weighted by molar-refractivity contribution is 8.00. The van der Waals surface area contributed by atoms with Crippen LogP contribution in [-0.2, 0) is 23.8 Å². The van der Waals surface area contributed by atoms with E-state index in [2.05, 4.69) is 10.3 Å². The van der Waals surface area contributed by atoms with Gasteiger partial charge in [0.1, 0.15) is 11.1 Å². The van der Waals surface area contributed by atoms with Crippen molar-refractivity contribution < 1.29 is 18.0 Å². The van der Waals surface area contributed by atoms with Crippen LogP contribution >= 0.6 is 11.8 Å². The Morgan fingerprint density at radius 2 is 1.93 bits per heavy atom. The fourth-order valence-corrected chi connectivity index (χ4v) is 4.22. The molecule has 0 saturated heterocycles. The standard InChI is InChI=1S/C21H17F3N4OS/c22-21(23,24)19-15-7-2-1-3-8-17(15)28-20(16(19)11-26)30-12-18(29)27-14-6-4-5-13(9-14)10-25/h4-6,9H,1-3,7-8,12H2,(H,27,29). The fraction of sp³-hybridized carbons (Fsp3) is 0.333. The third-order valence-electron chi connectivity index (χ3n) is 4.70. The van der Waals surface area contributed by atoms with Crippen LogP contribution in [0.5, 0.6) is 0 Å². The van der Waals surface area contributed by atoms with Crippen LogP contribution in [0.15, 0.2) is 29.3 Å². The van der Waals surface area contributed by atoms with Crippen molar-refractivity contribution in [3.8, 4) is 12.1 Å². The molecule has 1 N–H and O–H groups in total. The smallest absolute Gasteiger partial charge is 0.325 e. The number of alkyl halides is 3. The lowest BCUT2D eigenvalue weighted by Crippen LogP contribution is -2.18. The van der Waals surface area contributed by atoms with E-state index in [9.17, 15) is 23.2 Å². The van der Waals surface area contributed by atoms with Crippen LogP contribution in [0.4, 0.5) is 18.9 Å². The van der Waals surface area contributed by atoms with Crippen LogP contribution in [0.3, 0.4) is 0 Å². The molecule has 1 heterocycles. The predicted molar refractivity (Wildman–Crippen MR) is 106 cm³/mol. The van der Waals surface area contributed by atoms with E-state index in [1.165, 1.54) is 6.07 Å². The van der Waals surface area contributed by atoms with E-state index in [0.717, 1.165) is 24.6 Å². The van der Waals surface area contributed by atoms with Crippen LogP contribution in [-0.4, -0.2) is 16.6 Å². The summed E-state index contributed by atoms with van der Waals surface area (Å²) in [5.74, 6) is -0.682. The van der Waals surface area contributed by atoms with Gasteiger partial charge in [0.2, 0.25) is 5.91 Å². The Morgan fingerprint density at radius 1 is 1.17 bits per heavy atom. The Balaban J connectivity index is 1.87. The molecule has 1 aromatic carbocycles. The molecule has 9 heteroatoms. The number of aryl methyl sites for hydroxylation is 1. The van der Waals surface area contributed by atoms with Gasteiger partial charge in [0.25, 0.3) is 0 Å². The minimum absolute atomic E-state index is 0.0774. The number of nitrogens with zero attached hydrogens (tertiary/aromatic N) is 3. The number of anilines is 1. The average Bonchev–Trinajstić information content (AvgIpc) is 2.95. The van der Waals surface area contributed by atoms with Crippen molar-refractivity contribution >= 4 is 23.4 Å². The molecule has 154 valence electrons. The summed E-state index contributed by atoms with van der Waals surface area (Å²) < 4.78 is 41.4. The van der Waals surface area contributed by atoms with Gasteiger partial charge in [-0.2, -0.15) is 23.7 Å². The molecule has 30 heavy (non-hydrogen) atoms. The second kappa shape index (κ2) is 9.19. The highest BCUT2D eigenvalue weighted by Gasteiger charge is 2.39. The van der Waals surface area contributed by atoms with Gasteiger partial charge in [0.15, 0.2) is 0 Å². The van der Waals surface area contributed by atoms with Gasteiger partial charge in [0.05, 0.1) is 28.5 Å². The van der Waals surface area contributed by atoms with Gasteiger partial charge >= 0.3 is 6.18 Å². The normalized spacial score (nSPS) is 13.5. The van der Waals surface area contributed by atoms with Gasteiger partial charge in [-0.25, -0.2) is 4.98 Å². The summed E-state index contributed by atoms with van der Waals surface area (Å²) in [6, 6.07) is 9.91. The molecular weight excluding hydrogens is 413 g/mol. The number of rotatable bonds is 4. The summed E-state index contributed by atoms with van der Waals surface area (Å²) in [6.07, 6.45) is -1.83. The highest BCUT2D eigenvalue weighted by Crippen LogP contribution is 2.40. The lowest BCUT2D eigenvalue weighted by Gasteiger charge is -2.18. The lowest BCUT2D eigenvalue weighted by molar-refractivity contribution is -0.138. The van der Waals surface area contributed by atoms with E-state index in [0.29, 0.717) is 29.8 Å². The number of nitriles is 2. The van der Waals surface area contributed by atoms with Crippen molar-refractivity contribution in [2.24, 2.45) is 0 Å². The summed E-state index contributed by atoms with van der Waals surface area (Å²) in [5, 5.41) is 20.9. The first-order valence-corrected chi connectivity index (χ1v) is 10.3. The van der Waals surface area contributed by atoms with E-state index < -0.39 is 23.2 Å². The number of aromatic nitrogens is 1. The molecule has 2 aromatic rings. The third kappa shape index (κ3) is 4.92. The predicted octanol–water partition coefficient (Wildman–Crippen LogP) is 4.84. The lowest BCUT2D eigenvalue weighted by atomic mass is 9.97. The molecule has 0 spiro atoms. The van der Waals surface area contributed by atoms with Gasteiger partial charge in [-0.3, -0.25) is 4.79 Å². The molecule has 0 radical (unpaired) electrons. The minimum atomic E-state index is -4.67. The maximum atomic E-state index is 13.8. The number of hydrogen-bond donors (Lipinski definition) is 1. The van der Waals surface area contributed by atoms with Crippen molar-refractivity contribution in [1.82, 2.24) is 4.98 Å². The van der Waals surface area contributed by atoms with Crippen molar-refractivity contribution in [2.75, 3.05) is 11.1 Å². The molecule has 1 aliphatic rings. The van der Waals surface area contributed by atoms with E-state index in [4.69, 9.17) is 5.26 Å². The Bertz CT molecular complexity index is 1050. The van der Waals surface area contributed by atoms with Crippen LogP contribution < -0.4 is 5.32 Å². The molecule has 0 atom stereocenters. The fourth-order valence-electron chi connectivity index (χ4n) is 3.41. The summed E-state index contributed by atoms with van der Waals surface area (Å²) >= 11 is 0.808. The zero-order valence-corrected chi connectivity index (χ0v) is 16.7. The summed E-state index contributed by atoms with van der Waals surface area (Å²) in [6.45, 7) is 0. The highest BCUT2D eigenvalue weighted by atomic mass is 32.2. The Morgan fingerprint density at radius 3 is 2.63 bits per heavy atom. The monoisotopic (exact) mass is 430 g/mol. The number of pyridine rings is 1. The average molecular weight is 430 g/mol. The van der Waals surface area contributed by atoms with E-state index >= 15 is 0 Å². The van der Waals surface area contributed by atoms with Crippen molar-refractivity contribution in [3.05, 3.63) is 52.2 Å². The van der Waals surface area contributed by atoms with Gasteiger partial charge < -0.3 is 5.32 Å². The number of benzene rings is 1. The van der Waals surface area contributed by atoms with Gasteiger partial charge in [-0.1, -0.05) is 24.2 Å². The topological polar surface area (TPSA) is 89.6 Å².